The maximum Gasteiger partial charge on any atom is 0.137 e. The van der Waals surface area contributed by atoms with Gasteiger partial charge in [-0.1, -0.05) is 42.5 Å². The van der Waals surface area contributed by atoms with Crippen molar-refractivity contribution in [3.63, 3.8) is 0 Å². The molecule has 0 spiro atoms. The van der Waals surface area contributed by atoms with E-state index >= 15 is 0 Å². The number of hydrogen-bond donors (Lipinski definition) is 2. The number of rotatable bonds is 3. The van der Waals surface area contributed by atoms with Crippen molar-refractivity contribution < 1.29 is 4.39 Å². The Morgan fingerprint density at radius 2 is 1.57 bits per heavy atom. The molecule has 4 heteroatoms. The van der Waals surface area contributed by atoms with E-state index in [2.05, 4.69) is 45.6 Å². The van der Waals surface area contributed by atoms with Crippen molar-refractivity contribution in [1.29, 1.82) is 0 Å². The molecule has 1 unspecified atom stereocenters. The highest BCUT2D eigenvalue weighted by Gasteiger charge is 2.14. The lowest BCUT2D eigenvalue weighted by molar-refractivity contribution is 0.610. The van der Waals surface area contributed by atoms with E-state index in [4.69, 9.17) is 5.84 Å². The molecule has 3 aromatic rings. The molecule has 2 nitrogen and oxygen atoms in total. The van der Waals surface area contributed by atoms with Gasteiger partial charge in [-0.15, -0.1) is 0 Å². The number of hydrazine groups is 1. The van der Waals surface area contributed by atoms with Crippen molar-refractivity contribution in [2.75, 3.05) is 0 Å². The standard InChI is InChI=1S/C17H14BrFN2/c18-15-10-14(7-8-16(15)19)17(21-20)13-6-5-11-3-1-2-4-12(11)9-13/h1-10,17,21H,20H2. The molecule has 1 atom stereocenters. The SMILES string of the molecule is NNC(c1ccc(F)c(Br)c1)c1ccc2ccccc2c1. The lowest BCUT2D eigenvalue weighted by Gasteiger charge is -2.18. The number of halogens is 2. The van der Waals surface area contributed by atoms with Crippen molar-refractivity contribution in [3.8, 4) is 0 Å². The predicted octanol–water partition coefficient (Wildman–Crippen LogP) is 4.29. The van der Waals surface area contributed by atoms with Crippen LogP contribution >= 0.6 is 15.9 Å². The lowest BCUT2D eigenvalue weighted by atomic mass is 9.97. The summed E-state index contributed by atoms with van der Waals surface area (Å²) in [5.74, 6) is 5.43. The average molecular weight is 345 g/mol. The predicted molar refractivity (Wildman–Crippen MR) is 87.2 cm³/mol. The minimum Gasteiger partial charge on any atom is -0.271 e. The summed E-state index contributed by atoms with van der Waals surface area (Å²) < 4.78 is 13.8. The molecule has 3 rings (SSSR count). The number of hydrogen-bond acceptors (Lipinski definition) is 2. The zero-order valence-electron chi connectivity index (χ0n) is 11.2. The van der Waals surface area contributed by atoms with Crippen LogP contribution in [0.5, 0.6) is 0 Å². The lowest BCUT2D eigenvalue weighted by Crippen LogP contribution is -2.28. The minimum absolute atomic E-state index is 0.188. The fourth-order valence-electron chi connectivity index (χ4n) is 2.46. The summed E-state index contributed by atoms with van der Waals surface area (Å²) in [5.41, 5.74) is 4.74. The molecule has 0 saturated heterocycles. The third-order valence-electron chi connectivity index (χ3n) is 3.55. The molecule has 106 valence electrons. The molecular formula is C17H14BrFN2. The molecule has 21 heavy (non-hydrogen) atoms. The maximum atomic E-state index is 13.4. The first-order valence-corrected chi connectivity index (χ1v) is 7.38. The first kappa shape index (κ1) is 14.2. The summed E-state index contributed by atoms with van der Waals surface area (Å²) in [4.78, 5) is 0. The molecular weight excluding hydrogens is 331 g/mol. The van der Waals surface area contributed by atoms with Crippen LogP contribution in [0.25, 0.3) is 10.8 Å². The van der Waals surface area contributed by atoms with Gasteiger partial charge >= 0.3 is 0 Å². The van der Waals surface area contributed by atoms with E-state index < -0.39 is 0 Å². The van der Waals surface area contributed by atoms with Crippen LogP contribution in [-0.4, -0.2) is 0 Å². The summed E-state index contributed by atoms with van der Waals surface area (Å²) in [6.45, 7) is 0. The summed E-state index contributed by atoms with van der Waals surface area (Å²) in [5, 5.41) is 2.33. The van der Waals surface area contributed by atoms with E-state index in [0.29, 0.717) is 4.47 Å². The van der Waals surface area contributed by atoms with Crippen molar-refractivity contribution in [3.05, 3.63) is 82.1 Å². The second-order valence-electron chi connectivity index (χ2n) is 4.88. The topological polar surface area (TPSA) is 38.0 Å². The minimum atomic E-state index is -0.284. The van der Waals surface area contributed by atoms with E-state index in [0.717, 1.165) is 16.5 Å². The fourth-order valence-corrected chi connectivity index (χ4v) is 2.86. The largest absolute Gasteiger partial charge is 0.271 e. The Kier molecular flexibility index (Phi) is 4.01. The first-order valence-electron chi connectivity index (χ1n) is 6.59. The molecule has 0 fully saturated rings. The van der Waals surface area contributed by atoms with E-state index in [1.807, 2.05) is 18.2 Å². The summed E-state index contributed by atoms with van der Waals surface area (Å²) in [7, 11) is 0. The van der Waals surface area contributed by atoms with Crippen molar-refractivity contribution in [2.45, 2.75) is 6.04 Å². The Morgan fingerprint density at radius 1 is 0.905 bits per heavy atom. The quantitative estimate of drug-likeness (QED) is 0.549. The van der Waals surface area contributed by atoms with Gasteiger partial charge in [-0.05, 0) is 56.0 Å². The molecule has 0 radical (unpaired) electrons. The van der Waals surface area contributed by atoms with Crippen LogP contribution < -0.4 is 11.3 Å². The van der Waals surface area contributed by atoms with Gasteiger partial charge in [0.1, 0.15) is 5.82 Å². The van der Waals surface area contributed by atoms with Gasteiger partial charge in [-0.25, -0.2) is 9.82 Å². The number of nitrogens with one attached hydrogen (secondary N) is 1. The molecule has 3 aromatic carbocycles. The van der Waals surface area contributed by atoms with Gasteiger partial charge in [-0.2, -0.15) is 0 Å². The van der Waals surface area contributed by atoms with Crippen molar-refractivity contribution >= 4 is 26.7 Å². The van der Waals surface area contributed by atoms with Crippen LogP contribution in [0.2, 0.25) is 0 Å². The normalized spacial score (nSPS) is 12.5. The Labute approximate surface area is 130 Å². The highest BCUT2D eigenvalue weighted by Crippen LogP contribution is 2.27. The van der Waals surface area contributed by atoms with Crippen LogP contribution in [-0.2, 0) is 0 Å². The van der Waals surface area contributed by atoms with E-state index in [9.17, 15) is 4.39 Å². The third kappa shape index (κ3) is 2.83. The molecule has 3 N–H and O–H groups in total. The van der Waals surface area contributed by atoms with Gasteiger partial charge in [0, 0.05) is 0 Å². The molecule has 0 amide bonds. The second-order valence-corrected chi connectivity index (χ2v) is 5.73. The maximum absolute atomic E-state index is 13.4. The Bertz CT molecular complexity index is 789. The molecule has 0 heterocycles. The molecule has 0 bridgehead atoms. The van der Waals surface area contributed by atoms with Gasteiger partial charge in [0.15, 0.2) is 0 Å². The number of benzene rings is 3. The number of fused-ring (bicyclic) bond motifs is 1. The van der Waals surface area contributed by atoms with Gasteiger partial charge < -0.3 is 0 Å². The molecule has 0 aliphatic carbocycles. The highest BCUT2D eigenvalue weighted by atomic mass is 79.9. The van der Waals surface area contributed by atoms with Gasteiger partial charge in [0.05, 0.1) is 10.5 Å². The van der Waals surface area contributed by atoms with Crippen LogP contribution in [0.15, 0.2) is 65.1 Å². The summed E-state index contributed by atoms with van der Waals surface area (Å²) in [6.07, 6.45) is 0. The zero-order valence-corrected chi connectivity index (χ0v) is 12.8. The Hall–Kier alpha value is -1.75. The zero-order chi connectivity index (χ0) is 14.8. The van der Waals surface area contributed by atoms with Gasteiger partial charge in [0.25, 0.3) is 0 Å². The summed E-state index contributed by atoms with van der Waals surface area (Å²) >= 11 is 3.21. The van der Waals surface area contributed by atoms with E-state index in [1.54, 1.807) is 12.1 Å². The van der Waals surface area contributed by atoms with Crippen molar-refractivity contribution in [2.24, 2.45) is 5.84 Å². The molecule has 0 aliphatic heterocycles. The highest BCUT2D eigenvalue weighted by molar-refractivity contribution is 9.10. The Balaban J connectivity index is 2.06. The van der Waals surface area contributed by atoms with Crippen LogP contribution in [0.3, 0.4) is 0 Å². The van der Waals surface area contributed by atoms with Crippen LogP contribution in [0, 0.1) is 5.82 Å². The first-order chi connectivity index (χ1) is 10.2. The summed E-state index contributed by atoms with van der Waals surface area (Å²) in [6, 6.07) is 19.1. The van der Waals surface area contributed by atoms with Crippen LogP contribution in [0.4, 0.5) is 4.39 Å². The molecule has 0 saturated carbocycles. The van der Waals surface area contributed by atoms with Gasteiger partial charge in [-0.3, -0.25) is 5.84 Å². The second kappa shape index (κ2) is 5.93. The van der Waals surface area contributed by atoms with Crippen molar-refractivity contribution in [1.82, 2.24) is 5.43 Å². The third-order valence-corrected chi connectivity index (χ3v) is 4.16. The van der Waals surface area contributed by atoms with E-state index in [1.165, 1.54) is 11.5 Å². The molecule has 0 aromatic heterocycles. The fraction of sp³-hybridized carbons (Fsp3) is 0.0588. The number of nitrogens with two attached hydrogens (primary N) is 1. The smallest absolute Gasteiger partial charge is 0.137 e. The molecule has 0 aliphatic rings. The van der Waals surface area contributed by atoms with E-state index in [-0.39, 0.29) is 11.9 Å². The van der Waals surface area contributed by atoms with Crippen LogP contribution in [0.1, 0.15) is 17.2 Å². The monoisotopic (exact) mass is 344 g/mol. The average Bonchev–Trinajstić information content (AvgIpc) is 2.51. The van der Waals surface area contributed by atoms with Gasteiger partial charge in [0.2, 0.25) is 0 Å². The Morgan fingerprint density at radius 3 is 2.29 bits per heavy atom.